The SMILES string of the molecule is COC(=O)CCC(=O)c1ccc2cc(Br)ccc2c1. The largest absolute Gasteiger partial charge is 0.469 e. The van der Waals surface area contributed by atoms with Crippen molar-refractivity contribution in [3.8, 4) is 0 Å². The smallest absolute Gasteiger partial charge is 0.305 e. The maximum Gasteiger partial charge on any atom is 0.305 e. The van der Waals surface area contributed by atoms with Gasteiger partial charge in [0.15, 0.2) is 5.78 Å². The summed E-state index contributed by atoms with van der Waals surface area (Å²) in [5, 5.41) is 2.08. The molecule has 0 heterocycles. The van der Waals surface area contributed by atoms with E-state index in [4.69, 9.17) is 0 Å². The Bertz CT molecular complexity index is 634. The van der Waals surface area contributed by atoms with Gasteiger partial charge in [0, 0.05) is 16.5 Å². The molecule has 0 bridgehead atoms. The summed E-state index contributed by atoms with van der Waals surface area (Å²) in [5.41, 5.74) is 0.624. The number of ketones is 1. The first kappa shape index (κ1) is 13.7. The molecule has 0 aromatic heterocycles. The van der Waals surface area contributed by atoms with Crippen LogP contribution in [0, 0.1) is 0 Å². The lowest BCUT2D eigenvalue weighted by Crippen LogP contribution is -2.05. The van der Waals surface area contributed by atoms with Gasteiger partial charge in [-0.1, -0.05) is 34.1 Å². The molecule has 0 spiro atoms. The summed E-state index contributed by atoms with van der Waals surface area (Å²) in [6.45, 7) is 0. The third-order valence-corrected chi connectivity index (χ3v) is 3.40. The van der Waals surface area contributed by atoms with Gasteiger partial charge in [0.25, 0.3) is 0 Å². The van der Waals surface area contributed by atoms with Gasteiger partial charge in [0.2, 0.25) is 0 Å². The molecular weight excluding hydrogens is 308 g/mol. The van der Waals surface area contributed by atoms with Gasteiger partial charge < -0.3 is 4.74 Å². The van der Waals surface area contributed by atoms with Crippen molar-refractivity contribution in [2.24, 2.45) is 0 Å². The minimum Gasteiger partial charge on any atom is -0.469 e. The monoisotopic (exact) mass is 320 g/mol. The molecule has 0 radical (unpaired) electrons. The van der Waals surface area contributed by atoms with Crippen LogP contribution in [-0.4, -0.2) is 18.9 Å². The third-order valence-electron chi connectivity index (χ3n) is 2.91. The standard InChI is InChI=1S/C15H13BrO3/c1-19-15(18)7-6-14(17)12-3-2-11-9-13(16)5-4-10(11)8-12/h2-5,8-9H,6-7H2,1H3. The minimum absolute atomic E-state index is 0.0461. The number of esters is 1. The summed E-state index contributed by atoms with van der Waals surface area (Å²) in [6.07, 6.45) is 0.294. The highest BCUT2D eigenvalue weighted by molar-refractivity contribution is 9.10. The molecule has 4 heteroatoms. The summed E-state index contributed by atoms with van der Waals surface area (Å²) in [5.74, 6) is -0.409. The normalized spacial score (nSPS) is 10.4. The summed E-state index contributed by atoms with van der Waals surface area (Å²) in [6, 6.07) is 11.4. The Morgan fingerprint density at radius 3 is 2.47 bits per heavy atom. The fraction of sp³-hybridized carbons (Fsp3) is 0.200. The zero-order valence-corrected chi connectivity index (χ0v) is 12.1. The van der Waals surface area contributed by atoms with E-state index in [1.54, 1.807) is 6.07 Å². The molecule has 0 N–H and O–H groups in total. The molecule has 0 aliphatic rings. The number of carbonyl (C=O) groups is 2. The number of hydrogen-bond acceptors (Lipinski definition) is 3. The van der Waals surface area contributed by atoms with E-state index in [-0.39, 0.29) is 24.6 Å². The van der Waals surface area contributed by atoms with Crippen molar-refractivity contribution in [1.82, 2.24) is 0 Å². The number of Topliss-reactive ketones (excluding diaryl/α,β-unsaturated/α-hetero) is 1. The predicted molar refractivity (Wildman–Crippen MR) is 77.2 cm³/mol. The summed E-state index contributed by atoms with van der Waals surface area (Å²) < 4.78 is 5.53. The number of halogens is 1. The Labute approximate surface area is 119 Å². The lowest BCUT2D eigenvalue weighted by Gasteiger charge is -2.03. The summed E-state index contributed by atoms with van der Waals surface area (Å²) in [7, 11) is 1.32. The van der Waals surface area contributed by atoms with Crippen LogP contribution in [0.1, 0.15) is 23.2 Å². The van der Waals surface area contributed by atoms with Crippen molar-refractivity contribution in [1.29, 1.82) is 0 Å². The van der Waals surface area contributed by atoms with Gasteiger partial charge in [0.05, 0.1) is 13.5 Å². The molecule has 0 amide bonds. The molecule has 0 fully saturated rings. The molecular formula is C15H13BrO3. The fourth-order valence-corrected chi connectivity index (χ4v) is 2.23. The number of rotatable bonds is 4. The number of benzene rings is 2. The van der Waals surface area contributed by atoms with Crippen LogP contribution >= 0.6 is 15.9 Å². The first-order valence-electron chi connectivity index (χ1n) is 5.89. The molecule has 19 heavy (non-hydrogen) atoms. The van der Waals surface area contributed by atoms with Crippen LogP contribution in [0.25, 0.3) is 10.8 Å². The number of hydrogen-bond donors (Lipinski definition) is 0. The van der Waals surface area contributed by atoms with Gasteiger partial charge in [-0.25, -0.2) is 0 Å². The molecule has 98 valence electrons. The molecule has 2 aromatic rings. The van der Waals surface area contributed by atoms with Crippen molar-refractivity contribution in [2.45, 2.75) is 12.8 Å². The van der Waals surface area contributed by atoms with E-state index in [0.717, 1.165) is 15.2 Å². The lowest BCUT2D eigenvalue weighted by atomic mass is 10.0. The maximum absolute atomic E-state index is 12.0. The topological polar surface area (TPSA) is 43.4 Å². The van der Waals surface area contributed by atoms with E-state index in [2.05, 4.69) is 20.7 Å². The number of methoxy groups -OCH3 is 1. The molecule has 0 aliphatic carbocycles. The van der Waals surface area contributed by atoms with E-state index < -0.39 is 0 Å². The zero-order chi connectivity index (χ0) is 13.8. The van der Waals surface area contributed by atoms with E-state index in [1.165, 1.54) is 7.11 Å². The van der Waals surface area contributed by atoms with Gasteiger partial charge in [-0.05, 0) is 29.0 Å². The molecule has 0 saturated carbocycles. The van der Waals surface area contributed by atoms with Crippen molar-refractivity contribution >= 4 is 38.5 Å². The van der Waals surface area contributed by atoms with Gasteiger partial charge in [0.1, 0.15) is 0 Å². The van der Waals surface area contributed by atoms with Crippen LogP contribution in [0.5, 0.6) is 0 Å². The van der Waals surface area contributed by atoms with E-state index in [0.29, 0.717) is 5.56 Å². The Morgan fingerprint density at radius 2 is 1.74 bits per heavy atom. The second-order valence-electron chi connectivity index (χ2n) is 4.21. The average Bonchev–Trinajstić information content (AvgIpc) is 2.43. The highest BCUT2D eigenvalue weighted by Crippen LogP contribution is 2.21. The van der Waals surface area contributed by atoms with Crippen LogP contribution in [0.2, 0.25) is 0 Å². The highest BCUT2D eigenvalue weighted by atomic mass is 79.9. The molecule has 3 nitrogen and oxygen atoms in total. The predicted octanol–water partition coefficient (Wildman–Crippen LogP) is 3.74. The van der Waals surface area contributed by atoms with Crippen LogP contribution in [-0.2, 0) is 9.53 Å². The lowest BCUT2D eigenvalue weighted by molar-refractivity contribution is -0.140. The van der Waals surface area contributed by atoms with E-state index in [9.17, 15) is 9.59 Å². The first-order chi connectivity index (χ1) is 9.10. The van der Waals surface area contributed by atoms with Gasteiger partial charge in [-0.3, -0.25) is 9.59 Å². The fourth-order valence-electron chi connectivity index (χ4n) is 1.85. The van der Waals surface area contributed by atoms with E-state index in [1.807, 2.05) is 30.3 Å². The van der Waals surface area contributed by atoms with Crippen molar-refractivity contribution in [2.75, 3.05) is 7.11 Å². The number of fused-ring (bicyclic) bond motifs is 1. The van der Waals surface area contributed by atoms with Crippen LogP contribution in [0.15, 0.2) is 40.9 Å². The maximum atomic E-state index is 12.0. The molecule has 0 atom stereocenters. The average molecular weight is 321 g/mol. The van der Waals surface area contributed by atoms with E-state index >= 15 is 0 Å². The van der Waals surface area contributed by atoms with Crippen LogP contribution in [0.4, 0.5) is 0 Å². The van der Waals surface area contributed by atoms with Crippen LogP contribution in [0.3, 0.4) is 0 Å². The molecule has 2 rings (SSSR count). The quantitative estimate of drug-likeness (QED) is 0.636. The van der Waals surface area contributed by atoms with Crippen molar-refractivity contribution < 1.29 is 14.3 Å². The first-order valence-corrected chi connectivity index (χ1v) is 6.69. The third kappa shape index (κ3) is 3.41. The Kier molecular flexibility index (Phi) is 4.32. The molecule has 0 unspecified atom stereocenters. The van der Waals surface area contributed by atoms with Gasteiger partial charge in [-0.15, -0.1) is 0 Å². The van der Waals surface area contributed by atoms with Gasteiger partial charge in [-0.2, -0.15) is 0 Å². The molecule has 0 aliphatic heterocycles. The second-order valence-corrected chi connectivity index (χ2v) is 5.12. The summed E-state index contributed by atoms with van der Waals surface area (Å²) >= 11 is 3.41. The molecule has 0 saturated heterocycles. The Morgan fingerprint density at radius 1 is 1.05 bits per heavy atom. The number of ether oxygens (including phenoxy) is 1. The van der Waals surface area contributed by atoms with Crippen LogP contribution < -0.4 is 0 Å². The minimum atomic E-state index is -0.363. The Hall–Kier alpha value is -1.68. The second kappa shape index (κ2) is 5.97. The molecule has 2 aromatic carbocycles. The van der Waals surface area contributed by atoms with Crippen molar-refractivity contribution in [3.05, 3.63) is 46.4 Å². The highest BCUT2D eigenvalue weighted by Gasteiger charge is 2.10. The number of carbonyl (C=O) groups excluding carboxylic acids is 2. The van der Waals surface area contributed by atoms with Gasteiger partial charge >= 0.3 is 5.97 Å². The Balaban J connectivity index is 2.19. The zero-order valence-electron chi connectivity index (χ0n) is 10.5. The van der Waals surface area contributed by atoms with Crippen molar-refractivity contribution in [3.63, 3.8) is 0 Å². The summed E-state index contributed by atoms with van der Waals surface area (Å²) in [4.78, 5) is 23.0.